The van der Waals surface area contributed by atoms with Crippen LogP contribution in [0.5, 0.6) is 0 Å². The molecule has 2 unspecified atom stereocenters. The summed E-state index contributed by atoms with van der Waals surface area (Å²) in [7, 11) is 0. The zero-order valence-electron chi connectivity index (χ0n) is 13.4. The van der Waals surface area contributed by atoms with Gasteiger partial charge in [0, 0.05) is 36.5 Å². The molecule has 0 aromatic carbocycles. The van der Waals surface area contributed by atoms with Crippen molar-refractivity contribution < 1.29 is 0 Å². The van der Waals surface area contributed by atoms with Crippen LogP contribution in [0.4, 0.5) is 0 Å². The molecule has 0 spiro atoms. The smallest absolute Gasteiger partial charge is 0.0284 e. The fraction of sp³-hybridized carbons (Fsp3) is 1.00. The molecule has 3 rings (SSSR count). The van der Waals surface area contributed by atoms with Gasteiger partial charge in [-0.15, -0.1) is 0 Å². The number of hydrogen-bond donors (Lipinski definition) is 1. The van der Waals surface area contributed by atoms with Crippen LogP contribution in [-0.4, -0.2) is 47.6 Å². The summed E-state index contributed by atoms with van der Waals surface area (Å²) in [4.78, 5) is 2.81. The minimum Gasteiger partial charge on any atom is -0.311 e. The third-order valence-corrected chi connectivity index (χ3v) is 7.54. The van der Waals surface area contributed by atoms with Gasteiger partial charge < -0.3 is 5.32 Å². The molecule has 1 aliphatic heterocycles. The van der Waals surface area contributed by atoms with Crippen molar-refractivity contribution in [2.24, 2.45) is 5.92 Å². The zero-order chi connectivity index (χ0) is 14.0. The first-order valence-electron chi connectivity index (χ1n) is 8.75. The van der Waals surface area contributed by atoms with Gasteiger partial charge in [0.25, 0.3) is 0 Å². The molecular formula is C17H32N2S. The first-order chi connectivity index (χ1) is 9.72. The second kappa shape index (κ2) is 6.58. The Morgan fingerprint density at radius 3 is 2.50 bits per heavy atom. The minimum absolute atomic E-state index is 0.600. The van der Waals surface area contributed by atoms with Crippen molar-refractivity contribution in [2.45, 2.75) is 75.1 Å². The fourth-order valence-electron chi connectivity index (χ4n) is 4.39. The molecule has 2 saturated carbocycles. The van der Waals surface area contributed by atoms with Crippen LogP contribution in [0.25, 0.3) is 0 Å². The molecule has 2 nitrogen and oxygen atoms in total. The maximum atomic E-state index is 3.86. The normalized spacial score (nSPS) is 35.7. The summed E-state index contributed by atoms with van der Waals surface area (Å²) in [6.45, 7) is 6.25. The van der Waals surface area contributed by atoms with E-state index in [9.17, 15) is 0 Å². The van der Waals surface area contributed by atoms with Crippen LogP contribution in [0.15, 0.2) is 0 Å². The number of nitrogens with zero attached hydrogens (tertiary/aromatic N) is 1. The summed E-state index contributed by atoms with van der Waals surface area (Å²) < 4.78 is 0.600. The predicted octanol–water partition coefficient (Wildman–Crippen LogP) is 3.51. The maximum Gasteiger partial charge on any atom is 0.0284 e. The summed E-state index contributed by atoms with van der Waals surface area (Å²) in [5, 5.41) is 3.86. The van der Waals surface area contributed by atoms with Gasteiger partial charge in [-0.2, -0.15) is 11.8 Å². The summed E-state index contributed by atoms with van der Waals surface area (Å²) in [6.07, 6.45) is 14.0. The lowest BCUT2D eigenvalue weighted by Gasteiger charge is -2.49. The number of nitrogens with one attached hydrogen (secondary N) is 1. The van der Waals surface area contributed by atoms with Gasteiger partial charge in [-0.3, -0.25) is 4.90 Å². The molecule has 1 N–H and O–H groups in total. The average Bonchev–Trinajstić information content (AvgIpc) is 2.45. The van der Waals surface area contributed by atoms with Crippen LogP contribution in [-0.2, 0) is 0 Å². The molecule has 0 radical (unpaired) electrons. The van der Waals surface area contributed by atoms with Crippen LogP contribution in [0, 0.1) is 5.92 Å². The van der Waals surface area contributed by atoms with E-state index in [1.54, 1.807) is 0 Å². The quantitative estimate of drug-likeness (QED) is 0.854. The average molecular weight is 297 g/mol. The van der Waals surface area contributed by atoms with Crippen molar-refractivity contribution in [2.75, 3.05) is 25.9 Å². The molecule has 0 bridgehead atoms. The summed E-state index contributed by atoms with van der Waals surface area (Å²) in [5.74, 6) is 0.949. The lowest BCUT2D eigenvalue weighted by atomic mass is 9.81. The Labute approximate surface area is 129 Å². The number of rotatable bonds is 4. The van der Waals surface area contributed by atoms with Crippen LogP contribution in [0.1, 0.15) is 58.3 Å². The number of piperazine rings is 1. The van der Waals surface area contributed by atoms with E-state index < -0.39 is 0 Å². The molecule has 3 fully saturated rings. The molecular weight excluding hydrogens is 264 g/mol. The van der Waals surface area contributed by atoms with Gasteiger partial charge in [-0.1, -0.05) is 25.7 Å². The van der Waals surface area contributed by atoms with Gasteiger partial charge in [0.15, 0.2) is 0 Å². The second-order valence-electron chi connectivity index (χ2n) is 7.43. The van der Waals surface area contributed by atoms with Crippen molar-refractivity contribution in [3.63, 3.8) is 0 Å². The first-order valence-corrected chi connectivity index (χ1v) is 9.97. The number of thioether (sulfide) groups is 1. The van der Waals surface area contributed by atoms with E-state index in [0.29, 0.717) is 4.75 Å². The Hall–Kier alpha value is 0.270. The lowest BCUT2D eigenvalue weighted by Crippen LogP contribution is -2.61. The molecule has 20 heavy (non-hydrogen) atoms. The van der Waals surface area contributed by atoms with E-state index in [1.807, 2.05) is 0 Å². The van der Waals surface area contributed by atoms with Gasteiger partial charge >= 0.3 is 0 Å². The predicted molar refractivity (Wildman–Crippen MR) is 89.5 cm³/mol. The van der Waals surface area contributed by atoms with E-state index in [-0.39, 0.29) is 0 Å². The second-order valence-corrected chi connectivity index (χ2v) is 8.71. The summed E-state index contributed by atoms with van der Waals surface area (Å²) in [5.41, 5.74) is 0. The van der Waals surface area contributed by atoms with Gasteiger partial charge in [0.05, 0.1) is 0 Å². The van der Waals surface area contributed by atoms with Gasteiger partial charge in [-0.05, 0) is 44.8 Å². The largest absolute Gasteiger partial charge is 0.311 e. The van der Waals surface area contributed by atoms with Crippen molar-refractivity contribution >= 4 is 11.8 Å². The molecule has 116 valence electrons. The van der Waals surface area contributed by atoms with Crippen LogP contribution < -0.4 is 5.32 Å². The maximum absolute atomic E-state index is 3.86. The van der Waals surface area contributed by atoms with E-state index in [2.05, 4.69) is 35.2 Å². The van der Waals surface area contributed by atoms with Crippen molar-refractivity contribution in [1.82, 2.24) is 10.2 Å². The molecule has 3 heteroatoms. The topological polar surface area (TPSA) is 15.3 Å². The van der Waals surface area contributed by atoms with E-state index in [4.69, 9.17) is 0 Å². The van der Waals surface area contributed by atoms with Crippen molar-refractivity contribution in [3.05, 3.63) is 0 Å². The van der Waals surface area contributed by atoms with E-state index >= 15 is 0 Å². The Morgan fingerprint density at radius 1 is 1.15 bits per heavy atom. The van der Waals surface area contributed by atoms with Crippen molar-refractivity contribution in [3.8, 4) is 0 Å². The van der Waals surface area contributed by atoms with Crippen molar-refractivity contribution in [1.29, 1.82) is 0 Å². The molecule has 2 aliphatic carbocycles. The van der Waals surface area contributed by atoms with E-state index in [1.165, 1.54) is 71.0 Å². The monoisotopic (exact) mass is 296 g/mol. The Balaban J connectivity index is 1.58. The molecule has 0 aromatic heterocycles. The number of hydrogen-bond acceptors (Lipinski definition) is 3. The highest BCUT2D eigenvalue weighted by Crippen LogP contribution is 2.44. The molecule has 3 aliphatic rings. The van der Waals surface area contributed by atoms with E-state index in [0.717, 1.165) is 18.0 Å². The third-order valence-electron chi connectivity index (χ3n) is 6.14. The SMILES string of the molecule is CSC1(CN2CC(C3CCCCC3)NCC2C)CCC1. The Morgan fingerprint density at radius 2 is 1.90 bits per heavy atom. The zero-order valence-corrected chi connectivity index (χ0v) is 14.2. The standard InChI is InChI=1S/C17H32N2S/c1-14-11-18-16(15-7-4-3-5-8-15)12-19(14)13-17(20-2)9-6-10-17/h14-16,18H,3-13H2,1-2H3. The summed E-state index contributed by atoms with van der Waals surface area (Å²) in [6, 6.07) is 1.49. The minimum atomic E-state index is 0.600. The highest BCUT2D eigenvalue weighted by molar-refractivity contribution is 8.00. The first kappa shape index (κ1) is 15.2. The molecule has 1 heterocycles. The fourth-order valence-corrected chi connectivity index (χ4v) is 5.38. The molecule has 1 saturated heterocycles. The van der Waals surface area contributed by atoms with Gasteiger partial charge in [-0.25, -0.2) is 0 Å². The van der Waals surface area contributed by atoms with Gasteiger partial charge in [0.2, 0.25) is 0 Å². The summed E-state index contributed by atoms with van der Waals surface area (Å²) >= 11 is 2.13. The molecule has 0 amide bonds. The van der Waals surface area contributed by atoms with Gasteiger partial charge in [0.1, 0.15) is 0 Å². The molecule has 0 aromatic rings. The van der Waals surface area contributed by atoms with Crippen LogP contribution in [0.2, 0.25) is 0 Å². The third kappa shape index (κ3) is 3.20. The lowest BCUT2D eigenvalue weighted by molar-refractivity contribution is 0.0830. The highest BCUT2D eigenvalue weighted by Gasteiger charge is 2.40. The highest BCUT2D eigenvalue weighted by atomic mass is 32.2. The Kier molecular flexibility index (Phi) is 4.99. The van der Waals surface area contributed by atoms with Crippen LogP contribution in [0.3, 0.4) is 0 Å². The molecule has 2 atom stereocenters. The van der Waals surface area contributed by atoms with Crippen LogP contribution >= 0.6 is 11.8 Å². The Bertz CT molecular complexity index is 305.